The predicted octanol–water partition coefficient (Wildman–Crippen LogP) is 4.21. The first-order valence-corrected chi connectivity index (χ1v) is 12.3. The zero-order valence-corrected chi connectivity index (χ0v) is 21.5. The van der Waals surface area contributed by atoms with Crippen molar-refractivity contribution in [3.63, 3.8) is 0 Å². The molecule has 2 heterocycles. The van der Waals surface area contributed by atoms with Crippen molar-refractivity contribution < 1.29 is 19.1 Å². The molecule has 0 aromatic carbocycles. The van der Waals surface area contributed by atoms with Gasteiger partial charge in [-0.25, -0.2) is 4.79 Å². The van der Waals surface area contributed by atoms with Gasteiger partial charge >= 0.3 is 6.09 Å². The maximum Gasteiger partial charge on any atom is 0.408 e. The van der Waals surface area contributed by atoms with Crippen LogP contribution in [0.3, 0.4) is 0 Å². The van der Waals surface area contributed by atoms with Crippen LogP contribution in [-0.4, -0.2) is 50.7 Å². The standard InChI is InChI=1S/C24H33ClN6O4/c1-13(17-10-18(25)29-30-22(17)34-5)31-12-16(11-26-31)27-21(32)20(28-23(33)35-24(2,3)4)19(14-6-7-14)15-8-9-15/h10-15,19-20H,6-9H2,1-5H3,(H,27,32)(H,28,33). The third-order valence-corrected chi connectivity index (χ3v) is 6.52. The molecule has 0 radical (unpaired) electrons. The van der Waals surface area contributed by atoms with Crippen molar-refractivity contribution in [2.75, 3.05) is 12.4 Å². The van der Waals surface area contributed by atoms with E-state index < -0.39 is 17.7 Å². The van der Waals surface area contributed by atoms with E-state index in [1.165, 1.54) is 7.11 Å². The molecule has 0 saturated heterocycles. The summed E-state index contributed by atoms with van der Waals surface area (Å²) in [7, 11) is 1.51. The monoisotopic (exact) mass is 504 g/mol. The van der Waals surface area contributed by atoms with Crippen LogP contribution in [0.5, 0.6) is 5.88 Å². The minimum atomic E-state index is -0.672. The highest BCUT2D eigenvalue weighted by atomic mass is 35.5. The number of amides is 2. The number of rotatable bonds is 9. The SMILES string of the molecule is COc1nnc(Cl)cc1C(C)n1cc(NC(=O)C(NC(=O)OC(C)(C)C)C(C2CC2)C2CC2)cn1. The number of hydrogen-bond donors (Lipinski definition) is 2. The van der Waals surface area contributed by atoms with Gasteiger partial charge in [0.05, 0.1) is 25.0 Å². The van der Waals surface area contributed by atoms with E-state index in [1.54, 1.807) is 43.9 Å². The van der Waals surface area contributed by atoms with Gasteiger partial charge < -0.3 is 20.1 Å². The van der Waals surface area contributed by atoms with Crippen LogP contribution in [-0.2, 0) is 9.53 Å². The van der Waals surface area contributed by atoms with Crippen molar-refractivity contribution in [1.29, 1.82) is 0 Å². The fourth-order valence-electron chi connectivity index (χ4n) is 4.47. The van der Waals surface area contributed by atoms with E-state index >= 15 is 0 Å². The van der Waals surface area contributed by atoms with Gasteiger partial charge in [0.15, 0.2) is 5.15 Å². The van der Waals surface area contributed by atoms with Gasteiger partial charge in [0, 0.05) is 11.8 Å². The highest BCUT2D eigenvalue weighted by Crippen LogP contribution is 2.51. The van der Waals surface area contributed by atoms with Gasteiger partial charge in [-0.15, -0.1) is 10.2 Å². The van der Waals surface area contributed by atoms with Gasteiger partial charge in [-0.3, -0.25) is 9.48 Å². The number of nitrogens with one attached hydrogen (secondary N) is 2. The molecule has 190 valence electrons. The van der Waals surface area contributed by atoms with Crippen LogP contribution in [0, 0.1) is 17.8 Å². The van der Waals surface area contributed by atoms with Crippen molar-refractivity contribution in [3.05, 3.63) is 29.2 Å². The molecule has 2 atom stereocenters. The Bertz CT molecular complexity index is 1060. The molecular formula is C24H33ClN6O4. The first-order chi connectivity index (χ1) is 16.6. The smallest absolute Gasteiger partial charge is 0.408 e. The minimum Gasteiger partial charge on any atom is -0.480 e. The van der Waals surface area contributed by atoms with Crippen LogP contribution in [0.25, 0.3) is 0 Å². The number of nitrogens with zero attached hydrogens (tertiary/aromatic N) is 4. The highest BCUT2D eigenvalue weighted by molar-refractivity contribution is 6.29. The van der Waals surface area contributed by atoms with Crippen molar-refractivity contribution in [1.82, 2.24) is 25.3 Å². The Balaban J connectivity index is 1.50. The molecule has 0 bridgehead atoms. The Morgan fingerprint density at radius 2 is 1.83 bits per heavy atom. The second-order valence-corrected chi connectivity index (χ2v) is 10.8. The van der Waals surface area contributed by atoms with Crippen molar-refractivity contribution >= 4 is 29.3 Å². The predicted molar refractivity (Wildman–Crippen MR) is 130 cm³/mol. The lowest BCUT2D eigenvalue weighted by Gasteiger charge is -2.28. The number of halogens is 1. The van der Waals surface area contributed by atoms with Crippen LogP contribution in [0.2, 0.25) is 5.15 Å². The summed E-state index contributed by atoms with van der Waals surface area (Å²) in [6.45, 7) is 7.32. The second kappa shape index (κ2) is 10.0. The topological polar surface area (TPSA) is 120 Å². The van der Waals surface area contributed by atoms with E-state index in [9.17, 15) is 9.59 Å². The molecule has 2 aromatic heterocycles. The summed E-state index contributed by atoms with van der Waals surface area (Å²) in [5, 5.41) is 18.2. The first kappa shape index (κ1) is 25.2. The van der Waals surface area contributed by atoms with Crippen LogP contribution in [0.1, 0.15) is 65.0 Å². The molecule has 0 spiro atoms. The average molecular weight is 505 g/mol. The van der Waals surface area contributed by atoms with Crippen molar-refractivity contribution in [2.24, 2.45) is 17.8 Å². The summed E-state index contributed by atoms with van der Waals surface area (Å²) in [5.74, 6) is 1.09. The molecule has 2 unspecified atom stereocenters. The lowest BCUT2D eigenvalue weighted by atomic mass is 9.89. The van der Waals surface area contributed by atoms with E-state index in [0.717, 1.165) is 25.7 Å². The van der Waals surface area contributed by atoms with Gasteiger partial charge in [-0.1, -0.05) is 11.6 Å². The van der Waals surface area contributed by atoms with E-state index in [-0.39, 0.29) is 23.0 Å². The maximum atomic E-state index is 13.4. The number of carbonyl (C=O) groups is 2. The Hall–Kier alpha value is -2.88. The third-order valence-electron chi connectivity index (χ3n) is 6.34. The Labute approximate surface area is 210 Å². The molecule has 2 fully saturated rings. The van der Waals surface area contributed by atoms with Crippen molar-refractivity contribution in [3.8, 4) is 5.88 Å². The summed E-state index contributed by atoms with van der Waals surface area (Å²) in [5.41, 5.74) is 0.582. The Morgan fingerprint density at radius 1 is 1.17 bits per heavy atom. The molecule has 2 aromatic rings. The number of alkyl carbamates (subject to hydrolysis) is 1. The number of carbonyl (C=O) groups excluding carboxylic acids is 2. The molecule has 2 N–H and O–H groups in total. The van der Waals surface area contributed by atoms with Crippen LogP contribution >= 0.6 is 11.6 Å². The second-order valence-electron chi connectivity index (χ2n) is 10.4. The number of hydrogen-bond acceptors (Lipinski definition) is 7. The fourth-order valence-corrected chi connectivity index (χ4v) is 4.62. The summed E-state index contributed by atoms with van der Waals surface area (Å²) >= 11 is 6.03. The zero-order valence-electron chi connectivity index (χ0n) is 20.7. The van der Waals surface area contributed by atoms with Gasteiger partial charge in [-0.05, 0) is 77.2 Å². The number of aromatic nitrogens is 4. The lowest BCUT2D eigenvalue weighted by molar-refractivity contribution is -0.120. The summed E-state index contributed by atoms with van der Waals surface area (Å²) < 4.78 is 12.4. The maximum absolute atomic E-state index is 13.4. The summed E-state index contributed by atoms with van der Waals surface area (Å²) in [6.07, 6.45) is 7.06. The van der Waals surface area contributed by atoms with Crippen molar-refractivity contribution in [2.45, 2.75) is 71.1 Å². The Kier molecular flexibility index (Phi) is 7.21. The molecule has 10 nitrogen and oxygen atoms in total. The Morgan fingerprint density at radius 3 is 2.40 bits per heavy atom. The largest absolute Gasteiger partial charge is 0.480 e. The van der Waals surface area contributed by atoms with Gasteiger partial charge in [0.1, 0.15) is 11.6 Å². The molecule has 2 saturated carbocycles. The molecule has 11 heteroatoms. The molecule has 35 heavy (non-hydrogen) atoms. The first-order valence-electron chi connectivity index (χ1n) is 12.0. The lowest BCUT2D eigenvalue weighted by Crippen LogP contribution is -2.51. The molecule has 0 aliphatic heterocycles. The zero-order chi connectivity index (χ0) is 25.3. The van der Waals surface area contributed by atoms with Crippen LogP contribution in [0.4, 0.5) is 10.5 Å². The molecule has 2 amide bonds. The van der Waals surface area contributed by atoms with Gasteiger partial charge in [0.2, 0.25) is 11.8 Å². The highest BCUT2D eigenvalue weighted by Gasteiger charge is 2.48. The number of methoxy groups -OCH3 is 1. The molecular weight excluding hydrogens is 472 g/mol. The summed E-state index contributed by atoms with van der Waals surface area (Å²) in [6, 6.07) is 0.730. The number of anilines is 1. The number of ether oxygens (including phenoxy) is 2. The van der Waals surface area contributed by atoms with E-state index in [2.05, 4.69) is 25.9 Å². The van der Waals surface area contributed by atoms with Crippen LogP contribution in [0.15, 0.2) is 18.5 Å². The molecule has 2 aliphatic carbocycles. The molecule has 4 rings (SSSR count). The van der Waals surface area contributed by atoms with Gasteiger partial charge in [-0.2, -0.15) is 5.10 Å². The van der Waals surface area contributed by atoms with Gasteiger partial charge in [0.25, 0.3) is 0 Å². The average Bonchev–Trinajstić information content (AvgIpc) is 3.72. The normalized spacial score (nSPS) is 17.6. The van der Waals surface area contributed by atoms with E-state index in [4.69, 9.17) is 21.1 Å². The molecule has 2 aliphatic rings. The van der Waals surface area contributed by atoms with E-state index in [1.807, 2.05) is 6.92 Å². The fraction of sp³-hybridized carbons (Fsp3) is 0.625. The van der Waals surface area contributed by atoms with Crippen LogP contribution < -0.4 is 15.4 Å². The minimum absolute atomic E-state index is 0.103. The summed E-state index contributed by atoms with van der Waals surface area (Å²) in [4.78, 5) is 26.0. The quantitative estimate of drug-likeness (QED) is 0.524. The third kappa shape index (κ3) is 6.42. The van der Waals surface area contributed by atoms with E-state index in [0.29, 0.717) is 29.0 Å².